The number of hydrogen-bond acceptors (Lipinski definition) is 5. The van der Waals surface area contributed by atoms with Crippen molar-refractivity contribution in [2.24, 2.45) is 11.8 Å². The van der Waals surface area contributed by atoms with Gasteiger partial charge >= 0.3 is 0 Å². The minimum Gasteiger partial charge on any atom is -0.482 e. The SMILES string of the molecule is C[C@@H]1CCCN(C(=O)C2CCN(S(=O)(=O)c3ccc4c(c3)NC(=O)CO4)CC2)C1. The lowest BCUT2D eigenvalue weighted by Gasteiger charge is -2.36. The first kappa shape index (κ1) is 20.2. The molecule has 3 aliphatic heterocycles. The third-order valence-electron chi connectivity index (χ3n) is 5.99. The second kappa shape index (κ2) is 7.95. The van der Waals surface area contributed by atoms with Gasteiger partial charge in [-0.2, -0.15) is 4.31 Å². The van der Waals surface area contributed by atoms with Gasteiger partial charge in [0.2, 0.25) is 15.9 Å². The van der Waals surface area contributed by atoms with Crippen molar-refractivity contribution >= 4 is 27.5 Å². The summed E-state index contributed by atoms with van der Waals surface area (Å²) in [5, 5.41) is 2.64. The van der Waals surface area contributed by atoms with Crippen molar-refractivity contribution in [3.05, 3.63) is 18.2 Å². The molecule has 0 spiro atoms. The number of sulfonamides is 1. The molecule has 0 aliphatic carbocycles. The van der Waals surface area contributed by atoms with E-state index < -0.39 is 10.0 Å². The number of carbonyl (C=O) groups is 2. The second-order valence-electron chi connectivity index (χ2n) is 8.20. The number of benzene rings is 1. The van der Waals surface area contributed by atoms with E-state index in [0.29, 0.717) is 43.3 Å². The van der Waals surface area contributed by atoms with Gasteiger partial charge in [0.05, 0.1) is 10.6 Å². The maximum absolute atomic E-state index is 13.1. The Morgan fingerprint density at radius 1 is 1.17 bits per heavy atom. The van der Waals surface area contributed by atoms with E-state index >= 15 is 0 Å². The third kappa shape index (κ3) is 4.11. The Morgan fingerprint density at radius 2 is 1.93 bits per heavy atom. The molecule has 0 unspecified atom stereocenters. The van der Waals surface area contributed by atoms with E-state index in [4.69, 9.17) is 4.74 Å². The van der Waals surface area contributed by atoms with Gasteiger partial charge in [0, 0.05) is 32.1 Å². The summed E-state index contributed by atoms with van der Waals surface area (Å²) in [5.74, 6) is 0.744. The molecule has 0 radical (unpaired) electrons. The van der Waals surface area contributed by atoms with Crippen LogP contribution in [0.5, 0.6) is 5.75 Å². The molecule has 0 saturated carbocycles. The van der Waals surface area contributed by atoms with Crippen molar-refractivity contribution < 1.29 is 22.7 Å². The molecule has 9 heteroatoms. The Hall–Kier alpha value is -2.13. The number of hydrogen-bond donors (Lipinski definition) is 1. The number of carbonyl (C=O) groups excluding carboxylic acids is 2. The van der Waals surface area contributed by atoms with Gasteiger partial charge in [0.1, 0.15) is 5.75 Å². The monoisotopic (exact) mass is 421 g/mol. The second-order valence-corrected chi connectivity index (χ2v) is 10.1. The summed E-state index contributed by atoms with van der Waals surface area (Å²) in [5.41, 5.74) is 0.367. The van der Waals surface area contributed by atoms with E-state index in [-0.39, 0.29) is 29.2 Å². The smallest absolute Gasteiger partial charge is 0.262 e. The summed E-state index contributed by atoms with van der Waals surface area (Å²) < 4.78 is 32.8. The van der Waals surface area contributed by atoms with Gasteiger partial charge in [-0.15, -0.1) is 0 Å². The number of fused-ring (bicyclic) bond motifs is 1. The van der Waals surface area contributed by atoms with Crippen LogP contribution in [0.4, 0.5) is 5.69 Å². The van der Waals surface area contributed by atoms with Gasteiger partial charge in [-0.25, -0.2) is 8.42 Å². The molecule has 3 aliphatic rings. The Bertz CT molecular complexity index is 909. The molecule has 1 atom stereocenters. The van der Waals surface area contributed by atoms with Crippen molar-refractivity contribution in [3.63, 3.8) is 0 Å². The highest BCUT2D eigenvalue weighted by atomic mass is 32.2. The molecule has 4 rings (SSSR count). The van der Waals surface area contributed by atoms with Crippen LogP contribution >= 0.6 is 0 Å². The average molecular weight is 422 g/mol. The van der Waals surface area contributed by atoms with Crippen LogP contribution in [0.3, 0.4) is 0 Å². The zero-order valence-corrected chi connectivity index (χ0v) is 17.4. The molecule has 3 heterocycles. The maximum atomic E-state index is 13.1. The molecule has 29 heavy (non-hydrogen) atoms. The fourth-order valence-electron chi connectivity index (χ4n) is 4.36. The van der Waals surface area contributed by atoms with Gasteiger partial charge < -0.3 is 15.0 Å². The molecule has 2 fully saturated rings. The molecule has 0 bridgehead atoms. The number of likely N-dealkylation sites (tertiary alicyclic amines) is 1. The largest absolute Gasteiger partial charge is 0.482 e. The minimum absolute atomic E-state index is 0.0730. The van der Waals surface area contributed by atoms with Crippen LogP contribution < -0.4 is 10.1 Å². The number of nitrogens with zero attached hydrogens (tertiary/aromatic N) is 2. The van der Waals surface area contributed by atoms with Crippen molar-refractivity contribution in [2.75, 3.05) is 38.1 Å². The number of piperidine rings is 2. The van der Waals surface area contributed by atoms with Crippen LogP contribution in [-0.2, 0) is 19.6 Å². The van der Waals surface area contributed by atoms with Crippen LogP contribution in [0.2, 0.25) is 0 Å². The summed E-state index contributed by atoms with van der Waals surface area (Å²) in [6.45, 7) is 4.35. The quantitative estimate of drug-likeness (QED) is 0.801. The molecule has 1 N–H and O–H groups in total. The zero-order valence-electron chi connectivity index (χ0n) is 16.6. The predicted molar refractivity (Wildman–Crippen MR) is 107 cm³/mol. The summed E-state index contributed by atoms with van der Waals surface area (Å²) in [4.78, 5) is 26.4. The summed E-state index contributed by atoms with van der Waals surface area (Å²) in [6.07, 6.45) is 3.27. The van der Waals surface area contributed by atoms with E-state index in [9.17, 15) is 18.0 Å². The van der Waals surface area contributed by atoms with E-state index in [0.717, 1.165) is 25.9 Å². The molecule has 2 saturated heterocycles. The average Bonchev–Trinajstić information content (AvgIpc) is 2.72. The van der Waals surface area contributed by atoms with Crippen LogP contribution in [-0.4, -0.2) is 62.2 Å². The van der Waals surface area contributed by atoms with Crippen LogP contribution in [0.15, 0.2) is 23.1 Å². The number of nitrogens with one attached hydrogen (secondary N) is 1. The Kier molecular flexibility index (Phi) is 5.52. The standard InChI is InChI=1S/C20H27N3O5S/c1-14-3-2-8-22(12-14)20(25)15-6-9-23(10-7-15)29(26,27)16-4-5-18-17(11-16)21-19(24)13-28-18/h4-5,11,14-15H,2-3,6-10,12-13H2,1H3,(H,21,24)/t14-/m1/s1. The molecule has 8 nitrogen and oxygen atoms in total. The summed E-state index contributed by atoms with van der Waals surface area (Å²) in [6, 6.07) is 4.50. The van der Waals surface area contributed by atoms with Crippen LogP contribution in [0, 0.1) is 11.8 Å². The molecular formula is C20H27N3O5S. The van der Waals surface area contributed by atoms with Gasteiger partial charge in [-0.1, -0.05) is 6.92 Å². The number of anilines is 1. The highest BCUT2D eigenvalue weighted by molar-refractivity contribution is 7.89. The highest BCUT2D eigenvalue weighted by Gasteiger charge is 2.35. The molecule has 158 valence electrons. The number of rotatable bonds is 3. The predicted octanol–water partition coefficient (Wildman–Crippen LogP) is 1.68. The number of amides is 2. The van der Waals surface area contributed by atoms with E-state index in [1.165, 1.54) is 16.4 Å². The Labute approximate surface area is 171 Å². The lowest BCUT2D eigenvalue weighted by atomic mass is 9.93. The molecule has 1 aromatic rings. The van der Waals surface area contributed by atoms with E-state index in [1.54, 1.807) is 6.07 Å². The van der Waals surface area contributed by atoms with Crippen molar-refractivity contribution in [2.45, 2.75) is 37.5 Å². The highest BCUT2D eigenvalue weighted by Crippen LogP contribution is 2.32. The number of ether oxygens (including phenoxy) is 1. The molecule has 0 aromatic heterocycles. The van der Waals surface area contributed by atoms with Crippen LogP contribution in [0.25, 0.3) is 0 Å². The van der Waals surface area contributed by atoms with E-state index in [2.05, 4.69) is 12.2 Å². The van der Waals surface area contributed by atoms with E-state index in [1.807, 2.05) is 4.90 Å². The van der Waals surface area contributed by atoms with Crippen molar-refractivity contribution in [1.29, 1.82) is 0 Å². The summed E-state index contributed by atoms with van der Waals surface area (Å²) in [7, 11) is -3.69. The first-order chi connectivity index (χ1) is 13.8. The fraction of sp³-hybridized carbons (Fsp3) is 0.600. The molecule has 1 aromatic carbocycles. The zero-order chi connectivity index (χ0) is 20.6. The molecule has 2 amide bonds. The van der Waals surface area contributed by atoms with Crippen molar-refractivity contribution in [3.8, 4) is 5.75 Å². The van der Waals surface area contributed by atoms with Gasteiger partial charge in [-0.3, -0.25) is 9.59 Å². The van der Waals surface area contributed by atoms with Crippen molar-refractivity contribution in [1.82, 2.24) is 9.21 Å². The van der Waals surface area contributed by atoms with Gasteiger partial charge in [0.25, 0.3) is 5.91 Å². The Morgan fingerprint density at radius 3 is 2.66 bits per heavy atom. The first-order valence-electron chi connectivity index (χ1n) is 10.2. The Balaban J connectivity index is 1.42. The maximum Gasteiger partial charge on any atom is 0.262 e. The van der Waals surface area contributed by atoms with Crippen LogP contribution in [0.1, 0.15) is 32.6 Å². The minimum atomic E-state index is -3.69. The topological polar surface area (TPSA) is 96.0 Å². The lowest BCUT2D eigenvalue weighted by Crippen LogP contribution is -2.46. The summed E-state index contributed by atoms with van der Waals surface area (Å²) >= 11 is 0. The lowest BCUT2D eigenvalue weighted by molar-refractivity contribution is -0.138. The first-order valence-corrected chi connectivity index (χ1v) is 11.6. The fourth-order valence-corrected chi connectivity index (χ4v) is 5.86. The normalized spacial score (nSPS) is 23.8. The van der Waals surface area contributed by atoms with Gasteiger partial charge in [-0.05, 0) is 49.8 Å². The third-order valence-corrected chi connectivity index (χ3v) is 7.89. The molecular weight excluding hydrogens is 394 g/mol. The van der Waals surface area contributed by atoms with Gasteiger partial charge in [0.15, 0.2) is 6.61 Å².